The topological polar surface area (TPSA) is 89.2 Å². The molecule has 2 aliphatic rings. The van der Waals surface area contributed by atoms with Crippen LogP contribution in [0.4, 0.5) is 10.1 Å². The highest BCUT2D eigenvalue weighted by Crippen LogP contribution is 2.28. The zero-order chi connectivity index (χ0) is 19.5. The second-order valence-corrected chi connectivity index (χ2v) is 8.13. The van der Waals surface area contributed by atoms with Crippen molar-refractivity contribution in [3.05, 3.63) is 41.7 Å². The molecule has 0 unspecified atom stereocenters. The normalized spacial score (nSPS) is 19.1. The number of thioether (sulfide) groups is 1. The fourth-order valence-electron chi connectivity index (χ4n) is 3.39. The Kier molecular flexibility index (Phi) is 5.52. The number of rotatable bonds is 5. The van der Waals surface area contributed by atoms with Gasteiger partial charge in [0.05, 0.1) is 17.2 Å². The predicted molar refractivity (Wildman–Crippen MR) is 105 cm³/mol. The minimum atomic E-state index is -0.590. The number of nitrogens with one attached hydrogen (secondary N) is 1. The number of aromatic nitrogens is 3. The SMILES string of the molecule is O=C(C[C@H]1SC(Cc2nnc3n2CCCCC3)=NC1=O)Nc1ccccc1F. The molecule has 3 heterocycles. The number of aryl methyl sites for hydroxylation is 1. The molecule has 7 nitrogen and oxygen atoms in total. The van der Waals surface area contributed by atoms with Crippen LogP contribution in [0.5, 0.6) is 0 Å². The Morgan fingerprint density at radius 3 is 2.96 bits per heavy atom. The fourth-order valence-corrected chi connectivity index (χ4v) is 4.46. The second-order valence-electron chi connectivity index (χ2n) is 6.85. The molecule has 1 atom stereocenters. The Bertz CT molecular complexity index is 942. The molecule has 0 spiro atoms. The van der Waals surface area contributed by atoms with Gasteiger partial charge in [-0.25, -0.2) is 9.38 Å². The average molecular weight is 401 g/mol. The first-order valence-electron chi connectivity index (χ1n) is 9.33. The van der Waals surface area contributed by atoms with Crippen LogP contribution in [-0.2, 0) is 29.0 Å². The summed E-state index contributed by atoms with van der Waals surface area (Å²) in [7, 11) is 0. The molecule has 1 N–H and O–H groups in total. The summed E-state index contributed by atoms with van der Waals surface area (Å²) in [5, 5.41) is 11.1. The van der Waals surface area contributed by atoms with E-state index in [2.05, 4.69) is 25.1 Å². The third-order valence-corrected chi connectivity index (χ3v) is 5.96. The maximum absolute atomic E-state index is 13.7. The summed E-state index contributed by atoms with van der Waals surface area (Å²) < 4.78 is 15.8. The molecule has 1 aromatic heterocycles. The molecule has 146 valence electrons. The average Bonchev–Trinajstić information content (AvgIpc) is 3.10. The van der Waals surface area contributed by atoms with Crippen LogP contribution < -0.4 is 5.32 Å². The van der Waals surface area contributed by atoms with E-state index in [4.69, 9.17) is 0 Å². The van der Waals surface area contributed by atoms with E-state index in [0.29, 0.717) is 11.5 Å². The Hall–Kier alpha value is -2.55. The van der Waals surface area contributed by atoms with Crippen LogP contribution in [0.1, 0.15) is 37.3 Å². The van der Waals surface area contributed by atoms with Crippen LogP contribution in [0.25, 0.3) is 0 Å². The maximum atomic E-state index is 13.7. The lowest BCUT2D eigenvalue weighted by Crippen LogP contribution is -2.21. The Morgan fingerprint density at radius 2 is 2.11 bits per heavy atom. The molecule has 1 aromatic carbocycles. The number of anilines is 1. The van der Waals surface area contributed by atoms with Crippen molar-refractivity contribution in [2.45, 2.75) is 50.3 Å². The monoisotopic (exact) mass is 401 g/mol. The lowest BCUT2D eigenvalue weighted by molar-refractivity contribution is -0.121. The number of nitrogens with zero attached hydrogens (tertiary/aromatic N) is 4. The standard InChI is InChI=1S/C19H20FN5O2S/c20-12-6-3-4-7-13(12)21-17(26)10-14-19(27)22-18(28-14)11-16-24-23-15-8-2-1-5-9-25(15)16/h3-4,6-7,14H,1-2,5,8-11H2,(H,21,26)/t14-/m1/s1. The molecule has 0 radical (unpaired) electrons. The van der Waals surface area contributed by atoms with Crippen LogP contribution in [0.15, 0.2) is 29.3 Å². The zero-order valence-corrected chi connectivity index (χ0v) is 16.0. The minimum absolute atomic E-state index is 0.0528. The lowest BCUT2D eigenvalue weighted by atomic mass is 10.2. The first kappa shape index (κ1) is 18.8. The van der Waals surface area contributed by atoms with Gasteiger partial charge in [-0.3, -0.25) is 9.59 Å². The molecule has 0 saturated carbocycles. The van der Waals surface area contributed by atoms with Gasteiger partial charge in [0.15, 0.2) is 0 Å². The molecule has 4 rings (SSSR count). The first-order chi connectivity index (χ1) is 13.6. The Labute approximate surface area is 165 Å². The highest BCUT2D eigenvalue weighted by atomic mass is 32.2. The number of halogens is 1. The van der Waals surface area contributed by atoms with E-state index in [1.807, 2.05) is 0 Å². The van der Waals surface area contributed by atoms with Gasteiger partial charge in [-0.05, 0) is 25.0 Å². The van der Waals surface area contributed by atoms with E-state index in [9.17, 15) is 14.0 Å². The highest BCUT2D eigenvalue weighted by molar-refractivity contribution is 8.15. The van der Waals surface area contributed by atoms with Gasteiger partial charge in [-0.2, -0.15) is 0 Å². The van der Waals surface area contributed by atoms with Crippen LogP contribution in [0, 0.1) is 5.82 Å². The number of hydrogen-bond donors (Lipinski definition) is 1. The molecule has 0 saturated heterocycles. The molecule has 9 heteroatoms. The molecule has 2 amide bonds. The third kappa shape index (κ3) is 4.14. The largest absolute Gasteiger partial charge is 0.324 e. The van der Waals surface area contributed by atoms with Crippen LogP contribution >= 0.6 is 11.8 Å². The van der Waals surface area contributed by atoms with E-state index >= 15 is 0 Å². The van der Waals surface area contributed by atoms with E-state index in [1.165, 1.54) is 30.3 Å². The number of carbonyl (C=O) groups excluding carboxylic acids is 2. The number of carbonyl (C=O) groups is 2. The smallest absolute Gasteiger partial charge is 0.260 e. The van der Waals surface area contributed by atoms with Gasteiger partial charge in [-0.15, -0.1) is 10.2 Å². The van der Waals surface area contributed by atoms with Gasteiger partial charge >= 0.3 is 0 Å². The summed E-state index contributed by atoms with van der Waals surface area (Å²) in [5.41, 5.74) is 0.107. The van der Waals surface area contributed by atoms with E-state index < -0.39 is 17.0 Å². The van der Waals surface area contributed by atoms with Crippen molar-refractivity contribution in [3.63, 3.8) is 0 Å². The van der Waals surface area contributed by atoms with Gasteiger partial charge in [0.1, 0.15) is 22.7 Å². The number of benzene rings is 1. The van der Waals surface area contributed by atoms with Gasteiger partial charge in [0.2, 0.25) is 5.91 Å². The van der Waals surface area contributed by atoms with Crippen molar-refractivity contribution in [1.82, 2.24) is 14.8 Å². The van der Waals surface area contributed by atoms with Gasteiger partial charge < -0.3 is 9.88 Å². The fraction of sp³-hybridized carbons (Fsp3) is 0.421. The van der Waals surface area contributed by atoms with Gasteiger partial charge in [-0.1, -0.05) is 30.3 Å². The minimum Gasteiger partial charge on any atom is -0.324 e. The highest BCUT2D eigenvalue weighted by Gasteiger charge is 2.31. The summed E-state index contributed by atoms with van der Waals surface area (Å²) in [6.45, 7) is 0.887. The first-order valence-corrected chi connectivity index (χ1v) is 10.2. The number of hydrogen-bond acceptors (Lipinski definition) is 5. The third-order valence-electron chi connectivity index (χ3n) is 4.80. The molecule has 2 aliphatic heterocycles. The quantitative estimate of drug-likeness (QED) is 0.832. The van der Waals surface area contributed by atoms with E-state index in [-0.39, 0.29) is 18.0 Å². The molecule has 28 heavy (non-hydrogen) atoms. The zero-order valence-electron chi connectivity index (χ0n) is 15.2. The number of fused-ring (bicyclic) bond motifs is 1. The predicted octanol–water partition coefficient (Wildman–Crippen LogP) is 2.76. The molecule has 0 bridgehead atoms. The summed E-state index contributed by atoms with van der Waals surface area (Å²) >= 11 is 1.28. The van der Waals surface area contributed by atoms with Crippen LogP contribution in [-0.4, -0.2) is 36.9 Å². The van der Waals surface area contributed by atoms with Crippen molar-refractivity contribution in [3.8, 4) is 0 Å². The number of aliphatic imine (C=N–C) groups is 1. The van der Waals surface area contributed by atoms with Gasteiger partial charge in [0.25, 0.3) is 5.91 Å². The van der Waals surface area contributed by atoms with Crippen molar-refractivity contribution in [1.29, 1.82) is 0 Å². The van der Waals surface area contributed by atoms with Crippen molar-refractivity contribution < 1.29 is 14.0 Å². The van der Waals surface area contributed by atoms with E-state index in [0.717, 1.165) is 37.5 Å². The lowest BCUT2D eigenvalue weighted by Gasteiger charge is -2.09. The Morgan fingerprint density at radius 1 is 1.25 bits per heavy atom. The molecule has 0 aliphatic carbocycles. The molecule has 2 aromatic rings. The molecule has 0 fully saturated rings. The number of amides is 2. The van der Waals surface area contributed by atoms with Crippen molar-refractivity contribution in [2.75, 3.05) is 5.32 Å². The molecular formula is C19H20FN5O2S. The summed E-state index contributed by atoms with van der Waals surface area (Å²) in [4.78, 5) is 28.5. The van der Waals surface area contributed by atoms with Crippen LogP contribution in [0.3, 0.4) is 0 Å². The summed E-state index contributed by atoms with van der Waals surface area (Å²) in [6.07, 6.45) is 4.69. The maximum Gasteiger partial charge on any atom is 0.260 e. The van der Waals surface area contributed by atoms with Crippen molar-refractivity contribution in [2.24, 2.45) is 4.99 Å². The molecular weight excluding hydrogens is 381 g/mol. The second kappa shape index (κ2) is 8.22. The van der Waals surface area contributed by atoms with Crippen LogP contribution in [0.2, 0.25) is 0 Å². The van der Waals surface area contributed by atoms with E-state index in [1.54, 1.807) is 12.1 Å². The summed E-state index contributed by atoms with van der Waals surface area (Å²) in [5.74, 6) is 0.546. The Balaban J connectivity index is 1.36. The number of para-hydroxylation sites is 1. The van der Waals surface area contributed by atoms with Gasteiger partial charge in [0, 0.05) is 19.4 Å². The summed E-state index contributed by atoms with van der Waals surface area (Å²) in [6, 6.07) is 5.94. The van der Waals surface area contributed by atoms with Crippen molar-refractivity contribution >= 4 is 34.3 Å².